The fraction of sp³-hybridized carbons (Fsp3) is 0.348. The minimum Gasteiger partial charge on any atom is -0.374 e. The third-order valence-electron chi connectivity index (χ3n) is 4.97. The van der Waals surface area contributed by atoms with Gasteiger partial charge in [-0.2, -0.15) is 0 Å². The van der Waals surface area contributed by atoms with Crippen molar-refractivity contribution in [3.8, 4) is 0 Å². The highest BCUT2D eigenvalue weighted by Gasteiger charge is 2.35. The molecule has 0 radical (unpaired) electrons. The normalized spacial score (nSPS) is 14.1. The van der Waals surface area contributed by atoms with Gasteiger partial charge in [-0.25, -0.2) is 0 Å². The van der Waals surface area contributed by atoms with E-state index < -0.39 is 0 Å². The summed E-state index contributed by atoms with van der Waals surface area (Å²) in [6.45, 7) is 4.98. The Morgan fingerprint density at radius 1 is 1.07 bits per heavy atom. The van der Waals surface area contributed by atoms with Crippen LogP contribution >= 0.6 is 0 Å². The molecule has 1 unspecified atom stereocenters. The second-order valence-corrected chi connectivity index (χ2v) is 7.19. The fourth-order valence-electron chi connectivity index (χ4n) is 3.29. The van der Waals surface area contributed by atoms with Gasteiger partial charge in [-0.1, -0.05) is 42.0 Å². The fourth-order valence-corrected chi connectivity index (χ4v) is 3.29. The van der Waals surface area contributed by atoms with Gasteiger partial charge in [0.25, 0.3) is 11.8 Å². The standard InChI is InChI=1S/C23H26N2O4/c1-16-9-10-19-20(15-16)23(28)25(22(19)27)13-11-21(26)24-12-6-14-29-17(2)18-7-4-3-5-8-18/h3-5,7-10,15,17H,6,11-14H2,1-2H3,(H,24,26). The first-order valence-corrected chi connectivity index (χ1v) is 9.87. The van der Waals surface area contributed by atoms with Crippen LogP contribution in [0.25, 0.3) is 0 Å². The SMILES string of the molecule is Cc1ccc2c(c1)C(=O)N(CCC(=O)NCCCOC(C)c1ccccc1)C2=O. The molecule has 6 nitrogen and oxygen atoms in total. The second-order valence-electron chi connectivity index (χ2n) is 7.19. The molecule has 0 saturated carbocycles. The lowest BCUT2D eigenvalue weighted by atomic mass is 10.1. The molecule has 29 heavy (non-hydrogen) atoms. The summed E-state index contributed by atoms with van der Waals surface area (Å²) in [5.41, 5.74) is 2.87. The smallest absolute Gasteiger partial charge is 0.261 e. The largest absolute Gasteiger partial charge is 0.374 e. The highest BCUT2D eigenvalue weighted by molar-refractivity contribution is 6.21. The number of carbonyl (C=O) groups is 3. The zero-order chi connectivity index (χ0) is 20.8. The molecule has 1 aliphatic heterocycles. The second kappa shape index (κ2) is 9.47. The lowest BCUT2D eigenvalue weighted by molar-refractivity contribution is -0.121. The molecule has 0 fully saturated rings. The number of hydrogen-bond acceptors (Lipinski definition) is 4. The van der Waals surface area contributed by atoms with Gasteiger partial charge < -0.3 is 10.1 Å². The number of hydrogen-bond donors (Lipinski definition) is 1. The molecule has 2 aromatic rings. The zero-order valence-electron chi connectivity index (χ0n) is 16.8. The monoisotopic (exact) mass is 394 g/mol. The first-order valence-electron chi connectivity index (χ1n) is 9.87. The first kappa shape index (κ1) is 20.7. The third kappa shape index (κ3) is 5.09. The van der Waals surface area contributed by atoms with E-state index in [9.17, 15) is 14.4 Å². The van der Waals surface area contributed by atoms with E-state index >= 15 is 0 Å². The lowest BCUT2D eigenvalue weighted by Gasteiger charge is -2.14. The average molecular weight is 394 g/mol. The molecule has 1 heterocycles. The van der Waals surface area contributed by atoms with Crippen molar-refractivity contribution >= 4 is 17.7 Å². The van der Waals surface area contributed by atoms with E-state index in [1.807, 2.05) is 44.2 Å². The van der Waals surface area contributed by atoms with E-state index in [4.69, 9.17) is 4.74 Å². The Balaban J connectivity index is 1.35. The van der Waals surface area contributed by atoms with Crippen molar-refractivity contribution < 1.29 is 19.1 Å². The van der Waals surface area contributed by atoms with E-state index in [2.05, 4.69) is 5.32 Å². The van der Waals surface area contributed by atoms with Gasteiger partial charge in [0.15, 0.2) is 0 Å². The molecular formula is C23H26N2O4. The van der Waals surface area contributed by atoms with Crippen LogP contribution in [0.3, 0.4) is 0 Å². The van der Waals surface area contributed by atoms with Gasteiger partial charge in [-0.05, 0) is 38.0 Å². The minimum absolute atomic E-state index is 0.00404. The molecule has 3 rings (SSSR count). The molecule has 0 saturated heterocycles. The summed E-state index contributed by atoms with van der Waals surface area (Å²) in [6, 6.07) is 15.2. The van der Waals surface area contributed by atoms with E-state index in [1.54, 1.807) is 18.2 Å². The van der Waals surface area contributed by atoms with Gasteiger partial charge in [0.05, 0.1) is 17.2 Å². The first-order chi connectivity index (χ1) is 14.0. The van der Waals surface area contributed by atoms with E-state index in [-0.39, 0.29) is 36.8 Å². The van der Waals surface area contributed by atoms with Crippen molar-refractivity contribution in [3.63, 3.8) is 0 Å². The molecule has 0 aromatic heterocycles. The number of carbonyl (C=O) groups excluding carboxylic acids is 3. The summed E-state index contributed by atoms with van der Waals surface area (Å²) in [5.74, 6) is -0.847. The molecule has 6 heteroatoms. The summed E-state index contributed by atoms with van der Waals surface area (Å²) in [4.78, 5) is 38.0. The number of benzene rings is 2. The van der Waals surface area contributed by atoms with Crippen LogP contribution in [0.2, 0.25) is 0 Å². The maximum Gasteiger partial charge on any atom is 0.261 e. The summed E-state index contributed by atoms with van der Waals surface area (Å²) >= 11 is 0. The molecule has 1 aliphatic rings. The maximum atomic E-state index is 12.4. The number of aryl methyl sites for hydroxylation is 1. The maximum absolute atomic E-state index is 12.4. The van der Waals surface area contributed by atoms with Crippen molar-refractivity contribution in [2.75, 3.05) is 19.7 Å². The predicted molar refractivity (Wildman–Crippen MR) is 110 cm³/mol. The van der Waals surface area contributed by atoms with Crippen LogP contribution in [0.5, 0.6) is 0 Å². The van der Waals surface area contributed by atoms with Gasteiger partial charge in [-0.3, -0.25) is 19.3 Å². The van der Waals surface area contributed by atoms with E-state index in [0.717, 1.165) is 16.0 Å². The van der Waals surface area contributed by atoms with Gasteiger partial charge in [0, 0.05) is 26.1 Å². The van der Waals surface area contributed by atoms with Crippen molar-refractivity contribution in [1.82, 2.24) is 10.2 Å². The lowest BCUT2D eigenvalue weighted by Crippen LogP contribution is -2.35. The van der Waals surface area contributed by atoms with Crippen molar-refractivity contribution in [1.29, 1.82) is 0 Å². The Kier molecular flexibility index (Phi) is 6.77. The van der Waals surface area contributed by atoms with Crippen molar-refractivity contribution in [3.05, 3.63) is 70.8 Å². The number of rotatable bonds is 9. The Morgan fingerprint density at radius 2 is 1.79 bits per heavy atom. The summed E-state index contributed by atoms with van der Waals surface area (Å²) in [6.07, 6.45) is 0.783. The summed E-state index contributed by atoms with van der Waals surface area (Å²) in [7, 11) is 0. The number of fused-ring (bicyclic) bond motifs is 1. The minimum atomic E-state index is -0.332. The van der Waals surface area contributed by atoms with Gasteiger partial charge in [0.2, 0.25) is 5.91 Å². The Hall–Kier alpha value is -2.99. The predicted octanol–water partition coefficient (Wildman–Crippen LogP) is 3.27. The van der Waals surface area contributed by atoms with Crippen LogP contribution in [0.15, 0.2) is 48.5 Å². The van der Waals surface area contributed by atoms with Crippen LogP contribution in [-0.2, 0) is 9.53 Å². The van der Waals surface area contributed by atoms with Crippen LogP contribution < -0.4 is 5.32 Å². The Bertz CT molecular complexity index is 895. The number of ether oxygens (including phenoxy) is 1. The summed E-state index contributed by atoms with van der Waals surface area (Å²) < 4.78 is 5.78. The van der Waals surface area contributed by atoms with Crippen LogP contribution in [0.4, 0.5) is 0 Å². The van der Waals surface area contributed by atoms with E-state index in [1.165, 1.54) is 0 Å². The topological polar surface area (TPSA) is 75.7 Å². The van der Waals surface area contributed by atoms with Gasteiger partial charge in [0.1, 0.15) is 0 Å². The molecule has 0 aliphatic carbocycles. The van der Waals surface area contributed by atoms with Crippen LogP contribution in [-0.4, -0.2) is 42.3 Å². The molecular weight excluding hydrogens is 368 g/mol. The number of imide groups is 1. The quantitative estimate of drug-likeness (QED) is 0.523. The summed E-state index contributed by atoms with van der Waals surface area (Å²) in [5, 5.41) is 2.81. The average Bonchev–Trinajstić information content (AvgIpc) is 2.96. The molecule has 152 valence electrons. The molecule has 0 bridgehead atoms. The van der Waals surface area contributed by atoms with Gasteiger partial charge in [-0.15, -0.1) is 0 Å². The number of amides is 3. The van der Waals surface area contributed by atoms with Crippen molar-refractivity contribution in [2.24, 2.45) is 0 Å². The highest BCUT2D eigenvalue weighted by Crippen LogP contribution is 2.23. The molecule has 1 N–H and O–H groups in total. The van der Waals surface area contributed by atoms with Gasteiger partial charge >= 0.3 is 0 Å². The van der Waals surface area contributed by atoms with E-state index in [0.29, 0.717) is 30.7 Å². The van der Waals surface area contributed by atoms with Crippen LogP contribution in [0, 0.1) is 6.92 Å². The highest BCUT2D eigenvalue weighted by atomic mass is 16.5. The molecule has 0 spiro atoms. The number of nitrogens with one attached hydrogen (secondary N) is 1. The number of nitrogens with zero attached hydrogens (tertiary/aromatic N) is 1. The molecule has 1 atom stereocenters. The molecule has 2 aromatic carbocycles. The molecule has 3 amide bonds. The van der Waals surface area contributed by atoms with Crippen molar-refractivity contribution in [2.45, 2.75) is 32.8 Å². The Morgan fingerprint density at radius 3 is 2.55 bits per heavy atom. The Labute approximate surface area is 170 Å². The van der Waals surface area contributed by atoms with Crippen LogP contribution in [0.1, 0.15) is 57.7 Å². The zero-order valence-corrected chi connectivity index (χ0v) is 16.8. The third-order valence-corrected chi connectivity index (χ3v) is 4.97.